The van der Waals surface area contributed by atoms with Crippen molar-refractivity contribution < 1.29 is 17.6 Å². The molecule has 0 fully saturated rings. The normalized spacial score (nSPS) is 11.0. The highest BCUT2D eigenvalue weighted by Gasteiger charge is 2.09. The van der Waals surface area contributed by atoms with Crippen LogP contribution in [0.1, 0.15) is 19.1 Å². The molecule has 0 saturated carbocycles. The number of urea groups is 1. The first-order chi connectivity index (χ1) is 11.0. The van der Waals surface area contributed by atoms with Crippen molar-refractivity contribution in [3.63, 3.8) is 0 Å². The van der Waals surface area contributed by atoms with E-state index in [1.54, 1.807) is 43.3 Å². The van der Waals surface area contributed by atoms with Crippen molar-refractivity contribution >= 4 is 27.4 Å². The quantitative estimate of drug-likeness (QED) is 0.723. The standard InChI is InChI=1S/C15H19N3O4S/c1-2-10-23(20,21)18-13-7-5-12(6-8-13)17-15(19)16-11-14-4-3-9-22-14/h3-9,18H,2,10-11H2,1H3,(H2,16,17,19). The van der Waals surface area contributed by atoms with Crippen LogP contribution in [0.5, 0.6) is 0 Å². The SMILES string of the molecule is CCCS(=O)(=O)Nc1ccc(NC(=O)NCc2ccco2)cc1. The highest BCUT2D eigenvalue weighted by atomic mass is 32.2. The summed E-state index contributed by atoms with van der Waals surface area (Å²) in [5, 5.41) is 5.30. The van der Waals surface area contributed by atoms with Crippen molar-refractivity contribution in [3.8, 4) is 0 Å². The topological polar surface area (TPSA) is 100 Å². The average Bonchev–Trinajstić information content (AvgIpc) is 3.00. The van der Waals surface area contributed by atoms with E-state index < -0.39 is 10.0 Å². The lowest BCUT2D eigenvalue weighted by Gasteiger charge is -2.09. The number of nitrogens with one attached hydrogen (secondary N) is 3. The number of hydrogen-bond donors (Lipinski definition) is 3. The van der Waals surface area contributed by atoms with Crippen LogP contribution < -0.4 is 15.4 Å². The van der Waals surface area contributed by atoms with Gasteiger partial charge in [0, 0.05) is 11.4 Å². The van der Waals surface area contributed by atoms with Crippen LogP contribution in [-0.2, 0) is 16.6 Å². The average molecular weight is 337 g/mol. The molecule has 0 saturated heterocycles. The van der Waals surface area contributed by atoms with E-state index in [1.165, 1.54) is 6.26 Å². The minimum atomic E-state index is -3.31. The van der Waals surface area contributed by atoms with Gasteiger partial charge >= 0.3 is 6.03 Å². The van der Waals surface area contributed by atoms with Crippen LogP contribution in [0.15, 0.2) is 47.1 Å². The van der Waals surface area contributed by atoms with Crippen LogP contribution in [0.4, 0.5) is 16.2 Å². The van der Waals surface area contributed by atoms with Crippen molar-refractivity contribution in [1.29, 1.82) is 0 Å². The molecule has 2 rings (SSSR count). The van der Waals surface area contributed by atoms with Gasteiger partial charge in [-0.15, -0.1) is 0 Å². The van der Waals surface area contributed by atoms with Gasteiger partial charge in [0.15, 0.2) is 0 Å². The molecule has 1 aromatic carbocycles. The van der Waals surface area contributed by atoms with Gasteiger partial charge in [-0.25, -0.2) is 13.2 Å². The molecular formula is C15H19N3O4S. The van der Waals surface area contributed by atoms with Crippen molar-refractivity contribution in [2.24, 2.45) is 0 Å². The molecule has 8 heteroatoms. The smallest absolute Gasteiger partial charge is 0.319 e. The summed E-state index contributed by atoms with van der Waals surface area (Å²) in [7, 11) is -3.31. The molecule has 1 aromatic heterocycles. The third-order valence-electron chi connectivity index (χ3n) is 2.89. The third-order valence-corrected chi connectivity index (χ3v) is 4.38. The minimum absolute atomic E-state index is 0.0716. The second-order valence-electron chi connectivity index (χ2n) is 4.89. The lowest BCUT2D eigenvalue weighted by Crippen LogP contribution is -2.27. The molecule has 2 aromatic rings. The van der Waals surface area contributed by atoms with Crippen LogP contribution in [0.3, 0.4) is 0 Å². The Labute approximate surface area is 135 Å². The number of carbonyl (C=O) groups is 1. The number of benzene rings is 1. The molecule has 0 aliphatic rings. The molecule has 7 nitrogen and oxygen atoms in total. The van der Waals surface area contributed by atoms with E-state index in [1.807, 2.05) is 0 Å². The monoisotopic (exact) mass is 337 g/mol. The van der Waals surface area contributed by atoms with Crippen LogP contribution in [0.25, 0.3) is 0 Å². The Hall–Kier alpha value is -2.48. The molecule has 23 heavy (non-hydrogen) atoms. The summed E-state index contributed by atoms with van der Waals surface area (Å²) in [5.41, 5.74) is 1.01. The number of carbonyl (C=O) groups excluding carboxylic acids is 1. The summed E-state index contributed by atoms with van der Waals surface area (Å²) < 4.78 is 30.9. The van der Waals surface area contributed by atoms with Gasteiger partial charge in [-0.05, 0) is 42.8 Å². The van der Waals surface area contributed by atoms with E-state index >= 15 is 0 Å². The van der Waals surface area contributed by atoms with Crippen molar-refractivity contribution in [1.82, 2.24) is 5.32 Å². The zero-order chi connectivity index (χ0) is 16.7. The van der Waals surface area contributed by atoms with E-state index in [9.17, 15) is 13.2 Å². The van der Waals surface area contributed by atoms with E-state index in [0.717, 1.165) is 0 Å². The van der Waals surface area contributed by atoms with Gasteiger partial charge in [0.05, 0.1) is 18.6 Å². The maximum Gasteiger partial charge on any atom is 0.319 e. The molecule has 3 N–H and O–H groups in total. The Morgan fingerprint density at radius 1 is 1.13 bits per heavy atom. The first-order valence-electron chi connectivity index (χ1n) is 7.16. The molecule has 0 bridgehead atoms. The van der Waals surface area contributed by atoms with Crippen LogP contribution in [-0.4, -0.2) is 20.2 Å². The Morgan fingerprint density at radius 3 is 2.43 bits per heavy atom. The van der Waals surface area contributed by atoms with E-state index in [0.29, 0.717) is 23.6 Å². The van der Waals surface area contributed by atoms with Gasteiger partial charge in [-0.3, -0.25) is 4.72 Å². The van der Waals surface area contributed by atoms with Crippen molar-refractivity contribution in [3.05, 3.63) is 48.4 Å². The summed E-state index contributed by atoms with van der Waals surface area (Å²) in [6, 6.07) is 9.56. The Balaban J connectivity index is 1.85. The minimum Gasteiger partial charge on any atom is -0.467 e. The first-order valence-corrected chi connectivity index (χ1v) is 8.81. The molecule has 2 amide bonds. The Morgan fingerprint density at radius 2 is 1.83 bits per heavy atom. The fourth-order valence-corrected chi connectivity index (χ4v) is 3.01. The molecule has 124 valence electrons. The first kappa shape index (κ1) is 16.9. The lowest BCUT2D eigenvalue weighted by atomic mass is 10.3. The third kappa shape index (κ3) is 5.67. The molecule has 0 spiro atoms. The highest BCUT2D eigenvalue weighted by Crippen LogP contribution is 2.15. The zero-order valence-electron chi connectivity index (χ0n) is 12.7. The van der Waals surface area contributed by atoms with Crippen LogP contribution >= 0.6 is 0 Å². The summed E-state index contributed by atoms with van der Waals surface area (Å²) in [6.45, 7) is 2.08. The molecule has 1 heterocycles. The number of anilines is 2. The Bertz CT molecular complexity index is 725. The number of furan rings is 1. The van der Waals surface area contributed by atoms with Gasteiger partial charge in [0.2, 0.25) is 10.0 Å². The maximum absolute atomic E-state index is 11.7. The van der Waals surface area contributed by atoms with E-state index in [2.05, 4.69) is 15.4 Å². The van der Waals surface area contributed by atoms with E-state index in [4.69, 9.17) is 4.42 Å². The van der Waals surface area contributed by atoms with Crippen LogP contribution in [0, 0.1) is 0 Å². The maximum atomic E-state index is 11.7. The summed E-state index contributed by atoms with van der Waals surface area (Å²) in [5.74, 6) is 0.725. The van der Waals surface area contributed by atoms with Gasteiger partial charge in [0.1, 0.15) is 5.76 Å². The van der Waals surface area contributed by atoms with Crippen LogP contribution in [0.2, 0.25) is 0 Å². The fourth-order valence-electron chi connectivity index (χ4n) is 1.88. The van der Waals surface area contributed by atoms with Gasteiger partial charge in [0.25, 0.3) is 0 Å². The lowest BCUT2D eigenvalue weighted by molar-refractivity contribution is 0.251. The Kier molecular flexibility index (Phi) is 5.64. The zero-order valence-corrected chi connectivity index (χ0v) is 13.5. The summed E-state index contributed by atoms with van der Waals surface area (Å²) in [6.07, 6.45) is 2.08. The number of amides is 2. The predicted molar refractivity (Wildman–Crippen MR) is 88.7 cm³/mol. The summed E-state index contributed by atoms with van der Waals surface area (Å²) in [4.78, 5) is 11.7. The predicted octanol–water partition coefficient (Wildman–Crippen LogP) is 2.75. The molecular weight excluding hydrogens is 318 g/mol. The molecule has 0 atom stereocenters. The van der Waals surface area contributed by atoms with Crippen molar-refractivity contribution in [2.45, 2.75) is 19.9 Å². The molecule has 0 aliphatic carbocycles. The second-order valence-corrected chi connectivity index (χ2v) is 6.73. The van der Waals surface area contributed by atoms with Gasteiger partial charge in [-0.1, -0.05) is 6.92 Å². The number of sulfonamides is 1. The number of hydrogen-bond acceptors (Lipinski definition) is 4. The van der Waals surface area contributed by atoms with Gasteiger partial charge in [-0.2, -0.15) is 0 Å². The van der Waals surface area contributed by atoms with E-state index in [-0.39, 0.29) is 18.3 Å². The highest BCUT2D eigenvalue weighted by molar-refractivity contribution is 7.92. The summed E-state index contributed by atoms with van der Waals surface area (Å²) >= 11 is 0. The molecule has 0 radical (unpaired) electrons. The largest absolute Gasteiger partial charge is 0.467 e. The molecule has 0 unspecified atom stereocenters. The van der Waals surface area contributed by atoms with Crippen molar-refractivity contribution in [2.75, 3.05) is 15.8 Å². The second kappa shape index (κ2) is 7.68. The molecule has 0 aliphatic heterocycles. The van der Waals surface area contributed by atoms with Gasteiger partial charge < -0.3 is 15.1 Å². The number of rotatable bonds is 7. The fraction of sp³-hybridized carbons (Fsp3) is 0.267.